The van der Waals surface area contributed by atoms with Gasteiger partial charge in [-0.25, -0.2) is 4.79 Å². The molecule has 1 fully saturated rings. The van der Waals surface area contributed by atoms with Crippen LogP contribution in [0.4, 0.5) is 4.79 Å². The first kappa shape index (κ1) is 26.8. The van der Waals surface area contributed by atoms with Crippen molar-refractivity contribution in [2.45, 2.75) is 104 Å². The molecule has 0 spiro atoms. The number of aromatic nitrogens is 1. The van der Waals surface area contributed by atoms with Crippen molar-refractivity contribution in [3.8, 4) is 0 Å². The van der Waals surface area contributed by atoms with Crippen molar-refractivity contribution < 1.29 is 9.59 Å². The lowest BCUT2D eigenvalue weighted by molar-refractivity contribution is -0.136. The van der Waals surface area contributed by atoms with Crippen LogP contribution >= 0.6 is 0 Å². The Morgan fingerprint density at radius 2 is 1.74 bits per heavy atom. The molecule has 1 unspecified atom stereocenters. The van der Waals surface area contributed by atoms with Gasteiger partial charge in [0.15, 0.2) is 0 Å². The van der Waals surface area contributed by atoms with E-state index in [9.17, 15) is 9.59 Å². The van der Waals surface area contributed by atoms with E-state index in [1.807, 2.05) is 33.8 Å². The van der Waals surface area contributed by atoms with Gasteiger partial charge < -0.3 is 19.7 Å². The molecule has 1 aromatic carbocycles. The fourth-order valence-corrected chi connectivity index (χ4v) is 4.79. The van der Waals surface area contributed by atoms with E-state index < -0.39 is 0 Å². The van der Waals surface area contributed by atoms with Crippen LogP contribution in [0.3, 0.4) is 0 Å². The highest BCUT2D eigenvalue weighted by molar-refractivity contribution is 5.84. The highest BCUT2D eigenvalue weighted by Gasteiger charge is 2.31. The maximum absolute atomic E-state index is 13.8. The number of urea groups is 1. The number of rotatable bonds is 9. The largest absolute Gasteiger partial charge is 0.345 e. The Morgan fingerprint density at radius 3 is 2.37 bits per heavy atom. The SMILES string of the molecule is CCC(C)N(CC(=O)N(Cc1cccn1Cc1ccccc1)C1CCCCC1)C(=O)NC(C)(C)C. The minimum atomic E-state index is -0.354. The van der Waals surface area contributed by atoms with Gasteiger partial charge in [0.2, 0.25) is 5.91 Å². The van der Waals surface area contributed by atoms with E-state index in [0.717, 1.165) is 44.3 Å². The average Bonchev–Trinajstić information content (AvgIpc) is 3.26. The van der Waals surface area contributed by atoms with E-state index in [1.54, 1.807) is 4.90 Å². The van der Waals surface area contributed by atoms with Gasteiger partial charge in [0.25, 0.3) is 0 Å². The van der Waals surface area contributed by atoms with Gasteiger partial charge in [0.1, 0.15) is 6.54 Å². The van der Waals surface area contributed by atoms with Gasteiger partial charge in [0.05, 0.1) is 6.54 Å². The second-order valence-corrected chi connectivity index (χ2v) is 11.0. The van der Waals surface area contributed by atoms with E-state index >= 15 is 0 Å². The van der Waals surface area contributed by atoms with Crippen molar-refractivity contribution in [2.75, 3.05) is 6.54 Å². The first-order valence-corrected chi connectivity index (χ1v) is 13.2. The molecule has 6 heteroatoms. The predicted octanol–water partition coefficient (Wildman–Crippen LogP) is 5.81. The van der Waals surface area contributed by atoms with Crippen LogP contribution in [0, 0.1) is 0 Å². The van der Waals surface area contributed by atoms with Crippen LogP contribution in [-0.4, -0.2) is 50.5 Å². The standard InChI is InChI=1S/C29H44N4O2/c1-6-23(2)32(28(35)30-29(3,4)5)22-27(34)33(25-16-11-8-12-17-25)21-26-18-13-19-31(26)20-24-14-9-7-10-15-24/h7,9-10,13-15,18-19,23,25H,6,8,11-12,16-17,20-22H2,1-5H3,(H,30,35). The Bertz CT molecular complexity index is 941. The van der Waals surface area contributed by atoms with Crippen LogP contribution in [-0.2, 0) is 17.9 Å². The summed E-state index contributed by atoms with van der Waals surface area (Å²) >= 11 is 0. The molecule has 2 aromatic rings. The summed E-state index contributed by atoms with van der Waals surface area (Å²) in [6.45, 7) is 11.4. The number of benzene rings is 1. The topological polar surface area (TPSA) is 57.6 Å². The summed E-state index contributed by atoms with van der Waals surface area (Å²) in [5, 5.41) is 3.05. The molecule has 35 heavy (non-hydrogen) atoms. The number of carbonyl (C=O) groups is 2. The zero-order chi connectivity index (χ0) is 25.4. The van der Waals surface area contributed by atoms with Crippen molar-refractivity contribution in [1.82, 2.24) is 19.7 Å². The fraction of sp³-hybridized carbons (Fsp3) is 0.586. The Kier molecular flexibility index (Phi) is 9.41. The number of nitrogens with zero attached hydrogens (tertiary/aromatic N) is 3. The smallest absolute Gasteiger partial charge is 0.318 e. The van der Waals surface area contributed by atoms with Gasteiger partial charge in [0, 0.05) is 36.1 Å². The molecule has 1 atom stereocenters. The summed E-state index contributed by atoms with van der Waals surface area (Å²) in [7, 11) is 0. The molecule has 0 saturated heterocycles. The molecule has 0 bridgehead atoms. The number of carbonyl (C=O) groups excluding carboxylic acids is 2. The van der Waals surface area contributed by atoms with Gasteiger partial charge in [-0.15, -0.1) is 0 Å². The predicted molar refractivity (Wildman–Crippen MR) is 142 cm³/mol. The van der Waals surface area contributed by atoms with Gasteiger partial charge in [-0.05, 0) is 64.7 Å². The summed E-state index contributed by atoms with van der Waals surface area (Å²) in [6, 6.07) is 14.6. The van der Waals surface area contributed by atoms with Crippen molar-refractivity contribution >= 4 is 11.9 Å². The summed E-state index contributed by atoms with van der Waals surface area (Å²) in [6.07, 6.45) is 8.49. The first-order valence-electron chi connectivity index (χ1n) is 13.2. The molecule has 0 radical (unpaired) electrons. The quantitative estimate of drug-likeness (QED) is 0.493. The second-order valence-electron chi connectivity index (χ2n) is 11.0. The molecule has 1 aromatic heterocycles. The minimum absolute atomic E-state index is 0.0172. The molecule has 3 amide bonds. The molecule has 1 aliphatic rings. The van der Waals surface area contributed by atoms with Crippen LogP contribution in [0.15, 0.2) is 48.7 Å². The van der Waals surface area contributed by atoms with E-state index in [0.29, 0.717) is 6.54 Å². The van der Waals surface area contributed by atoms with Crippen molar-refractivity contribution in [2.24, 2.45) is 0 Å². The van der Waals surface area contributed by atoms with E-state index in [2.05, 4.69) is 64.3 Å². The first-order chi connectivity index (χ1) is 16.7. The van der Waals surface area contributed by atoms with Gasteiger partial charge >= 0.3 is 6.03 Å². The lowest BCUT2D eigenvalue weighted by Crippen LogP contribution is -2.55. The molecular weight excluding hydrogens is 436 g/mol. The minimum Gasteiger partial charge on any atom is -0.345 e. The second kappa shape index (κ2) is 12.3. The molecule has 1 N–H and O–H groups in total. The molecule has 1 heterocycles. The zero-order valence-corrected chi connectivity index (χ0v) is 22.3. The monoisotopic (exact) mass is 480 g/mol. The van der Waals surface area contributed by atoms with Crippen molar-refractivity contribution in [3.63, 3.8) is 0 Å². The van der Waals surface area contributed by atoms with Crippen LogP contribution in [0.2, 0.25) is 0 Å². The Hall–Kier alpha value is -2.76. The van der Waals surface area contributed by atoms with Gasteiger partial charge in [-0.1, -0.05) is 56.5 Å². The van der Waals surface area contributed by atoms with Crippen LogP contribution in [0.5, 0.6) is 0 Å². The summed E-state index contributed by atoms with van der Waals surface area (Å²) < 4.78 is 2.23. The molecule has 6 nitrogen and oxygen atoms in total. The average molecular weight is 481 g/mol. The van der Waals surface area contributed by atoms with Crippen molar-refractivity contribution in [3.05, 3.63) is 59.9 Å². The molecule has 1 aliphatic carbocycles. The molecule has 1 saturated carbocycles. The zero-order valence-electron chi connectivity index (χ0n) is 22.3. The third-order valence-electron chi connectivity index (χ3n) is 6.96. The molecule has 192 valence electrons. The molecular formula is C29H44N4O2. The third kappa shape index (κ3) is 7.87. The van der Waals surface area contributed by atoms with Gasteiger partial charge in [-0.3, -0.25) is 4.79 Å². The lowest BCUT2D eigenvalue weighted by atomic mass is 9.94. The number of nitrogens with one attached hydrogen (secondary N) is 1. The number of hydrogen-bond donors (Lipinski definition) is 1. The highest BCUT2D eigenvalue weighted by atomic mass is 16.2. The van der Waals surface area contributed by atoms with E-state index in [1.165, 1.54) is 12.0 Å². The Morgan fingerprint density at radius 1 is 1.06 bits per heavy atom. The number of hydrogen-bond acceptors (Lipinski definition) is 2. The summed E-state index contributed by atoms with van der Waals surface area (Å²) in [5.41, 5.74) is 2.01. The fourth-order valence-electron chi connectivity index (χ4n) is 4.79. The molecule has 0 aliphatic heterocycles. The Labute approximate surface area is 211 Å². The Balaban J connectivity index is 1.81. The van der Waals surface area contributed by atoms with Crippen LogP contribution in [0.25, 0.3) is 0 Å². The number of amides is 3. The molecule has 3 rings (SSSR count). The summed E-state index contributed by atoms with van der Waals surface area (Å²) in [5.74, 6) is 0.0359. The normalized spacial score (nSPS) is 15.5. The van der Waals surface area contributed by atoms with Crippen LogP contribution in [0.1, 0.15) is 84.4 Å². The van der Waals surface area contributed by atoms with Gasteiger partial charge in [-0.2, -0.15) is 0 Å². The van der Waals surface area contributed by atoms with E-state index in [-0.39, 0.29) is 36.1 Å². The van der Waals surface area contributed by atoms with Crippen molar-refractivity contribution in [1.29, 1.82) is 0 Å². The maximum Gasteiger partial charge on any atom is 0.318 e. The summed E-state index contributed by atoms with van der Waals surface area (Å²) in [4.78, 5) is 30.7. The maximum atomic E-state index is 13.8. The van der Waals surface area contributed by atoms with E-state index in [4.69, 9.17) is 0 Å². The third-order valence-corrected chi connectivity index (χ3v) is 6.96. The highest BCUT2D eigenvalue weighted by Crippen LogP contribution is 2.25. The van der Waals surface area contributed by atoms with Crippen LogP contribution < -0.4 is 5.32 Å². The lowest BCUT2D eigenvalue weighted by Gasteiger charge is -2.38.